The van der Waals surface area contributed by atoms with Crippen LogP contribution in [0.2, 0.25) is 0 Å². The predicted molar refractivity (Wildman–Crippen MR) is 117 cm³/mol. The van der Waals surface area contributed by atoms with Crippen molar-refractivity contribution in [2.24, 2.45) is 0 Å². The summed E-state index contributed by atoms with van der Waals surface area (Å²) in [6, 6.07) is 16.1. The van der Waals surface area contributed by atoms with Gasteiger partial charge in [0, 0.05) is 24.4 Å². The highest BCUT2D eigenvalue weighted by molar-refractivity contribution is 7.92. The number of nitrogens with one attached hydrogen (secondary N) is 1. The first-order chi connectivity index (χ1) is 14.9. The molecular weight excluding hydrogens is 415 g/mol. The summed E-state index contributed by atoms with van der Waals surface area (Å²) in [7, 11) is -3.51. The fourth-order valence-corrected chi connectivity index (χ4v) is 7.03. The van der Waals surface area contributed by atoms with Gasteiger partial charge >= 0.3 is 0 Å². The molecule has 2 fully saturated rings. The first-order valence-electron chi connectivity index (χ1n) is 10.6. The second kappa shape index (κ2) is 8.70. The van der Waals surface area contributed by atoms with Gasteiger partial charge in [0.2, 0.25) is 0 Å². The molecule has 0 aliphatic carbocycles. The minimum atomic E-state index is -3.51. The van der Waals surface area contributed by atoms with E-state index < -0.39 is 26.2 Å². The molecule has 3 atom stereocenters. The number of rotatable bonds is 6. The molecule has 0 saturated carbocycles. The molecule has 2 heterocycles. The van der Waals surface area contributed by atoms with Crippen LogP contribution >= 0.6 is 0 Å². The van der Waals surface area contributed by atoms with Crippen LogP contribution < -0.4 is 5.32 Å². The molecule has 2 aromatic rings. The zero-order valence-corrected chi connectivity index (χ0v) is 18.4. The maximum atomic E-state index is 15.1. The lowest BCUT2D eigenvalue weighted by molar-refractivity contribution is -0.0638. The molecule has 164 valence electrons. The summed E-state index contributed by atoms with van der Waals surface area (Å²) in [5, 5.41) is 10.9. The molecule has 2 aliphatic heterocycles. The number of sulfone groups is 1. The van der Waals surface area contributed by atoms with Crippen LogP contribution in [-0.2, 0) is 26.4 Å². The topological polar surface area (TPSA) is 79.2 Å². The standard InChI is InChI=1S/C24H27FN2O3S/c1-17-22(31(28,29)23(14-27-17)18-6-3-2-4-7-18)12-19-8-9-20(13-21(19)25)24(10-5-11-26)15-30-16-24/h2-4,6-9,13,17,22-23,27H,5,10,12,14-16H2,1H3/t17-,22?,23-/m0/s1. The molecule has 2 saturated heterocycles. The van der Waals surface area contributed by atoms with Gasteiger partial charge < -0.3 is 10.1 Å². The average Bonchev–Trinajstić information content (AvgIpc) is 2.72. The summed E-state index contributed by atoms with van der Waals surface area (Å²) in [5.41, 5.74) is 1.65. The Morgan fingerprint density at radius 2 is 1.97 bits per heavy atom. The van der Waals surface area contributed by atoms with Crippen LogP contribution in [0.1, 0.15) is 41.7 Å². The summed E-state index contributed by atoms with van der Waals surface area (Å²) in [6.45, 7) is 3.15. The van der Waals surface area contributed by atoms with Crippen LogP contribution in [0.15, 0.2) is 48.5 Å². The quantitative estimate of drug-likeness (QED) is 0.741. The van der Waals surface area contributed by atoms with Gasteiger partial charge in [-0.2, -0.15) is 5.26 Å². The fraction of sp³-hybridized carbons (Fsp3) is 0.458. The Kier molecular flexibility index (Phi) is 6.16. The van der Waals surface area contributed by atoms with Crippen molar-refractivity contribution in [1.29, 1.82) is 5.26 Å². The van der Waals surface area contributed by atoms with Crippen LogP contribution in [0.4, 0.5) is 4.39 Å². The Labute approximate surface area is 183 Å². The van der Waals surface area contributed by atoms with E-state index in [0.29, 0.717) is 38.2 Å². The van der Waals surface area contributed by atoms with Crippen molar-refractivity contribution >= 4 is 9.84 Å². The van der Waals surface area contributed by atoms with E-state index in [2.05, 4.69) is 11.4 Å². The summed E-state index contributed by atoms with van der Waals surface area (Å²) in [5.74, 6) is -0.398. The van der Waals surface area contributed by atoms with Gasteiger partial charge in [-0.05, 0) is 42.5 Å². The molecule has 2 aliphatic rings. The van der Waals surface area contributed by atoms with E-state index in [0.717, 1.165) is 11.1 Å². The fourth-order valence-electron chi connectivity index (χ4n) is 4.66. The molecule has 0 amide bonds. The van der Waals surface area contributed by atoms with Gasteiger partial charge in [0.1, 0.15) is 5.82 Å². The highest BCUT2D eigenvalue weighted by Crippen LogP contribution is 2.38. The van der Waals surface area contributed by atoms with E-state index in [1.807, 2.05) is 43.3 Å². The van der Waals surface area contributed by atoms with E-state index in [1.165, 1.54) is 6.07 Å². The Balaban J connectivity index is 1.58. The van der Waals surface area contributed by atoms with E-state index in [4.69, 9.17) is 10.00 Å². The van der Waals surface area contributed by atoms with Crippen molar-refractivity contribution < 1.29 is 17.5 Å². The molecule has 4 rings (SSSR count). The number of hydrogen-bond acceptors (Lipinski definition) is 5. The van der Waals surface area contributed by atoms with Crippen molar-refractivity contribution in [3.8, 4) is 6.07 Å². The lowest BCUT2D eigenvalue weighted by Crippen LogP contribution is -2.53. The lowest BCUT2D eigenvalue weighted by atomic mass is 9.75. The Bertz CT molecular complexity index is 1080. The molecule has 1 N–H and O–H groups in total. The molecule has 1 unspecified atom stereocenters. The second-order valence-electron chi connectivity index (χ2n) is 8.67. The monoisotopic (exact) mass is 442 g/mol. The maximum Gasteiger partial charge on any atom is 0.163 e. The Morgan fingerprint density at radius 3 is 2.58 bits per heavy atom. The van der Waals surface area contributed by atoms with Gasteiger partial charge in [-0.25, -0.2) is 12.8 Å². The van der Waals surface area contributed by atoms with Crippen LogP contribution in [0.25, 0.3) is 0 Å². The smallest absolute Gasteiger partial charge is 0.163 e. The predicted octanol–water partition coefficient (Wildman–Crippen LogP) is 3.46. The van der Waals surface area contributed by atoms with Crippen molar-refractivity contribution in [3.63, 3.8) is 0 Å². The van der Waals surface area contributed by atoms with Crippen molar-refractivity contribution in [1.82, 2.24) is 5.32 Å². The zero-order valence-electron chi connectivity index (χ0n) is 17.6. The highest BCUT2D eigenvalue weighted by atomic mass is 32.2. The summed E-state index contributed by atoms with van der Waals surface area (Å²) < 4.78 is 47.3. The summed E-state index contributed by atoms with van der Waals surface area (Å²) in [6.07, 6.45) is 1.13. The van der Waals surface area contributed by atoms with Gasteiger partial charge in [-0.1, -0.05) is 42.5 Å². The van der Waals surface area contributed by atoms with E-state index >= 15 is 4.39 Å². The van der Waals surface area contributed by atoms with Crippen molar-refractivity contribution in [2.45, 2.75) is 48.1 Å². The van der Waals surface area contributed by atoms with E-state index in [9.17, 15) is 8.42 Å². The molecule has 0 aromatic heterocycles. The summed E-state index contributed by atoms with van der Waals surface area (Å²) >= 11 is 0. The van der Waals surface area contributed by atoms with Gasteiger partial charge in [-0.3, -0.25) is 0 Å². The van der Waals surface area contributed by atoms with Crippen LogP contribution in [0.5, 0.6) is 0 Å². The van der Waals surface area contributed by atoms with Crippen LogP contribution in [0, 0.1) is 17.1 Å². The second-order valence-corrected chi connectivity index (χ2v) is 11.0. The molecule has 5 nitrogen and oxygen atoms in total. The number of hydrogen-bond donors (Lipinski definition) is 1. The molecule has 0 radical (unpaired) electrons. The Morgan fingerprint density at radius 1 is 1.23 bits per heavy atom. The molecule has 31 heavy (non-hydrogen) atoms. The van der Waals surface area contributed by atoms with Crippen LogP contribution in [-0.4, -0.2) is 39.5 Å². The van der Waals surface area contributed by atoms with Gasteiger partial charge in [0.05, 0.1) is 29.8 Å². The Hall–Kier alpha value is -2.27. The minimum absolute atomic E-state index is 0.119. The molecule has 7 heteroatoms. The number of nitriles is 1. The van der Waals surface area contributed by atoms with Crippen molar-refractivity contribution in [3.05, 3.63) is 71.0 Å². The SMILES string of the molecule is C[C@@H]1NC[C@@H](c2ccccc2)S(=O)(=O)C1Cc1ccc(C2(CCC#N)COC2)cc1F. The van der Waals surface area contributed by atoms with Crippen molar-refractivity contribution in [2.75, 3.05) is 19.8 Å². The minimum Gasteiger partial charge on any atom is -0.379 e. The molecule has 0 bridgehead atoms. The lowest BCUT2D eigenvalue weighted by Gasteiger charge is -2.42. The number of halogens is 1. The van der Waals surface area contributed by atoms with Gasteiger partial charge in [0.15, 0.2) is 9.84 Å². The van der Waals surface area contributed by atoms with Crippen LogP contribution in [0.3, 0.4) is 0 Å². The highest BCUT2D eigenvalue weighted by Gasteiger charge is 2.43. The first kappa shape index (κ1) is 21.9. The number of benzene rings is 2. The normalized spacial score (nSPS) is 26.5. The zero-order chi connectivity index (χ0) is 22.1. The third-order valence-electron chi connectivity index (χ3n) is 6.73. The molecular formula is C24H27FN2O3S. The summed E-state index contributed by atoms with van der Waals surface area (Å²) in [4.78, 5) is 0. The van der Waals surface area contributed by atoms with E-state index in [-0.39, 0.29) is 17.9 Å². The van der Waals surface area contributed by atoms with Gasteiger partial charge in [0.25, 0.3) is 0 Å². The third-order valence-corrected chi connectivity index (χ3v) is 9.38. The molecule has 0 spiro atoms. The largest absolute Gasteiger partial charge is 0.379 e. The average molecular weight is 443 g/mol. The maximum absolute atomic E-state index is 15.1. The van der Waals surface area contributed by atoms with E-state index in [1.54, 1.807) is 6.07 Å². The number of ether oxygens (including phenoxy) is 1. The number of nitrogens with zero attached hydrogens (tertiary/aromatic N) is 1. The first-order valence-corrected chi connectivity index (χ1v) is 12.2. The molecule has 2 aromatic carbocycles. The van der Waals surface area contributed by atoms with Gasteiger partial charge in [-0.15, -0.1) is 0 Å². The third kappa shape index (κ3) is 4.12.